The molecule has 0 amide bonds. The van der Waals surface area contributed by atoms with E-state index in [4.69, 9.17) is 13.1 Å². The maximum atomic E-state index is 4.74. The first-order valence-corrected chi connectivity index (χ1v) is 21.0. The molecular weight excluding hydrogens is 771 g/mol. The first-order valence-electron chi connectivity index (χ1n) is 18.8. The Morgan fingerprint density at radius 1 is 0.310 bits per heavy atom. The molecule has 12 aromatic rings. The minimum Gasteiger partial charge on any atom is -0.311 e. The van der Waals surface area contributed by atoms with Crippen LogP contribution in [0.25, 0.3) is 98.8 Å². The number of rotatable bonds is 6. The smallest absolute Gasteiger partial charge is 0.113 e. The molecule has 3 heterocycles. The van der Waals surface area contributed by atoms with Crippen LogP contribution in [0.1, 0.15) is 0 Å². The maximum absolute atomic E-state index is 4.74. The van der Waals surface area contributed by atoms with Crippen molar-refractivity contribution in [3.05, 3.63) is 164 Å². The molecule has 3 aromatic heterocycles. The SMILES string of the molecule is c1ccc2c(-c3ccc(N(c4ccc(-c5c6ccccc6cc6nsnc56)cc4)c4ccc(-c5c6ccccc6cc6nsnc56)cc4)cc3)c3nsnc3cc2c1. The Morgan fingerprint density at radius 2 is 0.603 bits per heavy atom. The van der Waals surface area contributed by atoms with E-state index in [9.17, 15) is 0 Å². The topological polar surface area (TPSA) is 80.6 Å². The average molecular weight is 798 g/mol. The molecule has 0 saturated heterocycles. The molecule has 272 valence electrons. The van der Waals surface area contributed by atoms with Crippen molar-refractivity contribution in [2.75, 3.05) is 4.90 Å². The largest absolute Gasteiger partial charge is 0.311 e. The lowest BCUT2D eigenvalue weighted by Crippen LogP contribution is -2.09. The van der Waals surface area contributed by atoms with Gasteiger partial charge in [0.15, 0.2) is 0 Å². The molecule has 58 heavy (non-hydrogen) atoms. The number of aromatic nitrogens is 6. The van der Waals surface area contributed by atoms with E-state index >= 15 is 0 Å². The zero-order chi connectivity index (χ0) is 38.2. The molecule has 9 aromatic carbocycles. The summed E-state index contributed by atoms with van der Waals surface area (Å²) in [6, 6.07) is 58.2. The molecule has 0 spiro atoms. The standard InChI is InChI=1S/C48H27N7S3/c1-4-10-37-31(7-1)25-40-46(52-56-49-40)43(37)28-13-19-34(20-14-28)55(35-21-15-29(16-22-35)44-38-11-5-2-8-32(38)26-41-47(44)53-57-50-41)36-23-17-30(18-24-36)45-39-12-6-3-9-33(39)27-42-48(45)54-58-51-42/h1-27H. The summed E-state index contributed by atoms with van der Waals surface area (Å²) in [7, 11) is 0. The highest BCUT2D eigenvalue weighted by Gasteiger charge is 2.19. The number of benzene rings is 9. The van der Waals surface area contributed by atoms with Crippen LogP contribution in [0, 0.1) is 0 Å². The summed E-state index contributed by atoms with van der Waals surface area (Å²) in [6.45, 7) is 0. The summed E-state index contributed by atoms with van der Waals surface area (Å²) in [5.41, 5.74) is 15.2. The first-order chi connectivity index (χ1) is 28.7. The van der Waals surface area contributed by atoms with Crippen molar-refractivity contribution in [2.24, 2.45) is 0 Å². The van der Waals surface area contributed by atoms with E-state index in [0.717, 1.165) is 116 Å². The normalized spacial score (nSPS) is 11.8. The zero-order valence-corrected chi connectivity index (χ0v) is 32.9. The Kier molecular flexibility index (Phi) is 7.62. The molecule has 0 unspecified atom stereocenters. The predicted octanol–water partition coefficient (Wildman–Crippen LogP) is 13.6. The number of hydrogen-bond donors (Lipinski definition) is 0. The Balaban J connectivity index is 1.00. The predicted molar refractivity (Wildman–Crippen MR) is 243 cm³/mol. The van der Waals surface area contributed by atoms with Gasteiger partial charge in [0.1, 0.15) is 33.1 Å². The van der Waals surface area contributed by atoms with Crippen molar-refractivity contribution in [1.29, 1.82) is 0 Å². The third kappa shape index (κ3) is 5.30. The minimum absolute atomic E-state index is 0.915. The van der Waals surface area contributed by atoms with Crippen molar-refractivity contribution < 1.29 is 0 Å². The lowest BCUT2D eigenvalue weighted by Gasteiger charge is -2.26. The van der Waals surface area contributed by atoms with Gasteiger partial charge in [-0.15, -0.1) is 0 Å². The van der Waals surface area contributed by atoms with Crippen LogP contribution in [0.4, 0.5) is 17.1 Å². The Labute approximate surface area is 344 Å². The summed E-state index contributed by atoms with van der Waals surface area (Å²) in [5.74, 6) is 0. The van der Waals surface area contributed by atoms with Gasteiger partial charge in [-0.2, -0.15) is 26.2 Å². The van der Waals surface area contributed by atoms with Crippen LogP contribution in [0.2, 0.25) is 0 Å². The molecule has 10 heteroatoms. The fourth-order valence-corrected chi connectivity index (χ4v) is 10.0. The van der Waals surface area contributed by atoms with Crippen molar-refractivity contribution in [2.45, 2.75) is 0 Å². The Hall–Kier alpha value is -6.98. The van der Waals surface area contributed by atoms with Crippen LogP contribution in [0.3, 0.4) is 0 Å². The van der Waals surface area contributed by atoms with Crippen LogP contribution in [0.15, 0.2) is 164 Å². The molecule has 0 bridgehead atoms. The van der Waals surface area contributed by atoms with E-state index in [1.165, 1.54) is 35.2 Å². The van der Waals surface area contributed by atoms with Crippen molar-refractivity contribution in [3.8, 4) is 33.4 Å². The highest BCUT2D eigenvalue weighted by atomic mass is 32.1. The molecule has 0 atom stereocenters. The molecule has 0 aliphatic carbocycles. The second kappa shape index (κ2) is 13.3. The highest BCUT2D eigenvalue weighted by molar-refractivity contribution is 7.00. The molecule has 0 fully saturated rings. The molecule has 0 aliphatic rings. The van der Waals surface area contributed by atoms with E-state index in [-0.39, 0.29) is 0 Å². The van der Waals surface area contributed by atoms with Gasteiger partial charge in [-0.25, -0.2) is 0 Å². The lowest BCUT2D eigenvalue weighted by atomic mass is 9.95. The fourth-order valence-electron chi connectivity index (χ4n) is 8.42. The average Bonchev–Trinajstić information content (AvgIpc) is 4.07. The second-order valence-corrected chi connectivity index (χ2v) is 15.9. The van der Waals surface area contributed by atoms with E-state index in [0.29, 0.717) is 0 Å². The van der Waals surface area contributed by atoms with Crippen molar-refractivity contribution in [1.82, 2.24) is 26.2 Å². The summed E-state index contributed by atoms with van der Waals surface area (Å²) >= 11 is 3.76. The number of hydrogen-bond acceptors (Lipinski definition) is 10. The Bertz CT molecular complexity index is 3140. The third-order valence-corrected chi connectivity index (χ3v) is 12.7. The van der Waals surface area contributed by atoms with Gasteiger partial charge < -0.3 is 4.90 Å². The molecule has 12 rings (SSSR count). The zero-order valence-electron chi connectivity index (χ0n) is 30.4. The van der Waals surface area contributed by atoms with Gasteiger partial charge in [0.25, 0.3) is 0 Å². The lowest BCUT2D eigenvalue weighted by molar-refractivity contribution is 1.28. The van der Waals surface area contributed by atoms with Crippen molar-refractivity contribution in [3.63, 3.8) is 0 Å². The molecule has 0 saturated carbocycles. The van der Waals surface area contributed by atoms with E-state index in [1.807, 2.05) is 0 Å². The van der Waals surface area contributed by atoms with Crippen LogP contribution < -0.4 is 4.90 Å². The van der Waals surface area contributed by atoms with Crippen LogP contribution in [-0.2, 0) is 0 Å². The van der Waals surface area contributed by atoms with Gasteiger partial charge in [0.05, 0.1) is 35.2 Å². The second-order valence-electron chi connectivity index (χ2n) is 14.3. The molecule has 0 aliphatic heterocycles. The quantitative estimate of drug-likeness (QED) is 0.166. The summed E-state index contributed by atoms with van der Waals surface area (Å²) in [6.07, 6.45) is 0. The number of fused-ring (bicyclic) bond motifs is 6. The summed E-state index contributed by atoms with van der Waals surface area (Å²) < 4.78 is 28.0. The number of nitrogens with zero attached hydrogens (tertiary/aromatic N) is 7. The Morgan fingerprint density at radius 3 is 0.914 bits per heavy atom. The van der Waals surface area contributed by atoms with Gasteiger partial charge in [-0.1, -0.05) is 109 Å². The van der Waals surface area contributed by atoms with Crippen LogP contribution >= 0.6 is 35.2 Å². The molecule has 7 nitrogen and oxygen atoms in total. The van der Waals surface area contributed by atoms with Crippen LogP contribution in [0.5, 0.6) is 0 Å². The monoisotopic (exact) mass is 797 g/mol. The number of anilines is 3. The third-order valence-electron chi connectivity index (χ3n) is 11.1. The van der Waals surface area contributed by atoms with Gasteiger partial charge in [-0.05, 0) is 104 Å². The fraction of sp³-hybridized carbons (Fsp3) is 0. The summed E-state index contributed by atoms with van der Waals surface area (Å²) in [4.78, 5) is 2.31. The van der Waals surface area contributed by atoms with Gasteiger partial charge >= 0.3 is 0 Å². The first kappa shape index (κ1) is 33.2. The molecular formula is C48H27N7S3. The van der Waals surface area contributed by atoms with E-state index in [1.54, 1.807) is 0 Å². The van der Waals surface area contributed by atoms with E-state index in [2.05, 4.69) is 182 Å². The highest BCUT2D eigenvalue weighted by Crippen LogP contribution is 2.43. The van der Waals surface area contributed by atoms with E-state index < -0.39 is 0 Å². The van der Waals surface area contributed by atoms with Gasteiger partial charge in [0.2, 0.25) is 0 Å². The van der Waals surface area contributed by atoms with Gasteiger partial charge in [-0.3, -0.25) is 0 Å². The molecule has 0 radical (unpaired) electrons. The van der Waals surface area contributed by atoms with Crippen LogP contribution in [-0.4, -0.2) is 26.2 Å². The minimum atomic E-state index is 0.915. The maximum Gasteiger partial charge on any atom is 0.113 e. The summed E-state index contributed by atoms with van der Waals surface area (Å²) in [5, 5.41) is 6.93. The van der Waals surface area contributed by atoms with Gasteiger partial charge in [0, 0.05) is 33.8 Å². The molecule has 0 N–H and O–H groups in total. The van der Waals surface area contributed by atoms with Crippen molar-refractivity contribution >= 4 is 118 Å².